The van der Waals surface area contributed by atoms with Gasteiger partial charge in [-0.05, 0) is 60.9 Å². The number of fused-ring (bicyclic) bond motifs is 1. The van der Waals surface area contributed by atoms with Crippen LogP contribution < -0.4 is 5.73 Å². The van der Waals surface area contributed by atoms with Gasteiger partial charge in [0.25, 0.3) is 0 Å². The highest BCUT2D eigenvalue weighted by Gasteiger charge is 2.11. The van der Waals surface area contributed by atoms with Crippen molar-refractivity contribution in [2.45, 2.75) is 25.9 Å². The maximum Gasteiger partial charge on any atom is 0.0366 e. The largest absolute Gasteiger partial charge is 0.398 e. The van der Waals surface area contributed by atoms with Crippen molar-refractivity contribution in [3.8, 4) is 0 Å². The molecule has 1 atom stereocenters. The molecule has 1 unspecified atom stereocenters. The SMILES string of the molecule is CSCCC(C)N(C)Cc1cc2ccccc2cc1N. The third-order valence-corrected chi connectivity index (χ3v) is 4.56. The van der Waals surface area contributed by atoms with Crippen LogP contribution in [-0.2, 0) is 6.54 Å². The summed E-state index contributed by atoms with van der Waals surface area (Å²) >= 11 is 1.91. The zero-order valence-electron chi connectivity index (χ0n) is 12.6. The Morgan fingerprint density at radius 1 is 1.20 bits per heavy atom. The van der Waals surface area contributed by atoms with E-state index in [1.54, 1.807) is 0 Å². The number of nitrogens with two attached hydrogens (primary N) is 1. The highest BCUT2D eigenvalue weighted by Crippen LogP contribution is 2.23. The van der Waals surface area contributed by atoms with Crippen LogP contribution in [0.5, 0.6) is 0 Å². The van der Waals surface area contributed by atoms with Crippen molar-refractivity contribution in [3.05, 3.63) is 42.0 Å². The van der Waals surface area contributed by atoms with E-state index in [1.165, 1.54) is 28.5 Å². The molecular weight excluding hydrogens is 264 g/mol. The van der Waals surface area contributed by atoms with Gasteiger partial charge >= 0.3 is 0 Å². The fourth-order valence-corrected chi connectivity index (χ4v) is 2.95. The number of thioether (sulfide) groups is 1. The second-order valence-corrected chi connectivity index (χ2v) is 6.43. The molecule has 2 aromatic rings. The molecule has 0 amide bonds. The Balaban J connectivity index is 2.14. The molecule has 0 heterocycles. The molecule has 0 aliphatic rings. The first-order valence-electron chi connectivity index (χ1n) is 7.08. The quantitative estimate of drug-likeness (QED) is 0.815. The lowest BCUT2D eigenvalue weighted by Gasteiger charge is -2.25. The fourth-order valence-electron chi connectivity index (χ4n) is 2.38. The van der Waals surface area contributed by atoms with E-state index < -0.39 is 0 Å². The molecule has 0 bridgehead atoms. The molecule has 20 heavy (non-hydrogen) atoms. The molecule has 2 rings (SSSR count). The van der Waals surface area contributed by atoms with Gasteiger partial charge < -0.3 is 5.73 Å². The normalized spacial score (nSPS) is 13.0. The summed E-state index contributed by atoms with van der Waals surface area (Å²) in [5.74, 6) is 1.21. The monoisotopic (exact) mass is 288 g/mol. The van der Waals surface area contributed by atoms with Crippen molar-refractivity contribution in [2.24, 2.45) is 0 Å². The van der Waals surface area contributed by atoms with E-state index in [9.17, 15) is 0 Å². The summed E-state index contributed by atoms with van der Waals surface area (Å²) in [4.78, 5) is 2.39. The minimum atomic E-state index is 0.577. The smallest absolute Gasteiger partial charge is 0.0366 e. The maximum absolute atomic E-state index is 6.20. The summed E-state index contributed by atoms with van der Waals surface area (Å²) in [6.07, 6.45) is 3.37. The van der Waals surface area contributed by atoms with Gasteiger partial charge in [0.15, 0.2) is 0 Å². The van der Waals surface area contributed by atoms with Crippen molar-refractivity contribution in [1.82, 2.24) is 4.90 Å². The van der Waals surface area contributed by atoms with Crippen LogP contribution in [0.1, 0.15) is 18.9 Å². The van der Waals surface area contributed by atoms with Gasteiger partial charge in [-0.15, -0.1) is 0 Å². The van der Waals surface area contributed by atoms with Crippen molar-refractivity contribution in [3.63, 3.8) is 0 Å². The first kappa shape index (κ1) is 15.2. The topological polar surface area (TPSA) is 29.3 Å². The summed E-state index contributed by atoms with van der Waals surface area (Å²) in [5, 5.41) is 2.48. The van der Waals surface area contributed by atoms with Gasteiger partial charge in [-0.25, -0.2) is 0 Å². The molecule has 2 N–H and O–H groups in total. The average molecular weight is 288 g/mol. The lowest BCUT2D eigenvalue weighted by atomic mass is 10.0. The number of rotatable bonds is 6. The van der Waals surface area contributed by atoms with Crippen LogP contribution >= 0.6 is 11.8 Å². The number of nitrogens with zero attached hydrogens (tertiary/aromatic N) is 1. The predicted octanol–water partition coefficient (Wildman–Crippen LogP) is 4.00. The van der Waals surface area contributed by atoms with Crippen molar-refractivity contribution < 1.29 is 0 Å². The molecule has 0 aliphatic carbocycles. The molecule has 0 radical (unpaired) electrons. The molecule has 3 heteroatoms. The van der Waals surface area contributed by atoms with E-state index in [0.29, 0.717) is 6.04 Å². The fraction of sp³-hybridized carbons (Fsp3) is 0.412. The Kier molecular flexibility index (Phi) is 5.32. The second kappa shape index (κ2) is 7.00. The van der Waals surface area contributed by atoms with Crippen LogP contribution in [0.25, 0.3) is 10.8 Å². The Morgan fingerprint density at radius 2 is 1.85 bits per heavy atom. The lowest BCUT2D eigenvalue weighted by Crippen LogP contribution is -2.29. The number of hydrogen-bond donors (Lipinski definition) is 1. The van der Waals surface area contributed by atoms with Gasteiger partial charge in [0.1, 0.15) is 0 Å². The summed E-state index contributed by atoms with van der Waals surface area (Å²) in [6.45, 7) is 3.19. The maximum atomic E-state index is 6.20. The first-order valence-corrected chi connectivity index (χ1v) is 8.47. The molecule has 2 aromatic carbocycles. The van der Waals surface area contributed by atoms with Gasteiger partial charge in [0.05, 0.1) is 0 Å². The molecule has 0 aromatic heterocycles. The van der Waals surface area contributed by atoms with Crippen LogP contribution in [-0.4, -0.2) is 30.0 Å². The van der Waals surface area contributed by atoms with E-state index in [2.05, 4.69) is 61.5 Å². The number of nitrogen functional groups attached to an aromatic ring is 1. The van der Waals surface area contributed by atoms with Crippen molar-refractivity contribution in [2.75, 3.05) is 24.8 Å². The van der Waals surface area contributed by atoms with Gasteiger partial charge in [0.2, 0.25) is 0 Å². The highest BCUT2D eigenvalue weighted by molar-refractivity contribution is 7.98. The van der Waals surface area contributed by atoms with Crippen LogP contribution in [0.2, 0.25) is 0 Å². The lowest BCUT2D eigenvalue weighted by molar-refractivity contribution is 0.245. The highest BCUT2D eigenvalue weighted by atomic mass is 32.2. The molecule has 0 saturated heterocycles. The second-order valence-electron chi connectivity index (χ2n) is 5.44. The molecule has 0 fully saturated rings. The zero-order valence-corrected chi connectivity index (χ0v) is 13.4. The number of anilines is 1. The molecule has 108 valence electrons. The van der Waals surface area contributed by atoms with E-state index in [-0.39, 0.29) is 0 Å². The summed E-state index contributed by atoms with van der Waals surface area (Å²) in [6, 6.07) is 13.3. The molecular formula is C17H24N2S. The summed E-state index contributed by atoms with van der Waals surface area (Å²) < 4.78 is 0. The van der Waals surface area contributed by atoms with E-state index in [1.807, 2.05) is 11.8 Å². The van der Waals surface area contributed by atoms with Gasteiger partial charge in [-0.3, -0.25) is 4.90 Å². The molecule has 0 aliphatic heterocycles. The Bertz CT molecular complexity index is 568. The van der Waals surface area contributed by atoms with Crippen LogP contribution in [0.4, 0.5) is 5.69 Å². The Labute approximate surface area is 126 Å². The van der Waals surface area contributed by atoms with Crippen LogP contribution in [0.15, 0.2) is 36.4 Å². The Morgan fingerprint density at radius 3 is 2.50 bits per heavy atom. The van der Waals surface area contributed by atoms with Gasteiger partial charge in [-0.2, -0.15) is 11.8 Å². The molecule has 2 nitrogen and oxygen atoms in total. The van der Waals surface area contributed by atoms with Crippen molar-refractivity contribution in [1.29, 1.82) is 0 Å². The molecule has 0 spiro atoms. The molecule has 0 saturated carbocycles. The Hall–Kier alpha value is -1.19. The third kappa shape index (κ3) is 3.68. The van der Waals surface area contributed by atoms with E-state index in [0.717, 1.165) is 12.2 Å². The third-order valence-electron chi connectivity index (χ3n) is 3.92. The van der Waals surface area contributed by atoms with Gasteiger partial charge in [-0.1, -0.05) is 24.3 Å². The minimum Gasteiger partial charge on any atom is -0.398 e. The number of hydrogen-bond acceptors (Lipinski definition) is 3. The first-order chi connectivity index (χ1) is 9.61. The van der Waals surface area contributed by atoms with Crippen LogP contribution in [0.3, 0.4) is 0 Å². The van der Waals surface area contributed by atoms with Gasteiger partial charge in [0, 0.05) is 18.3 Å². The number of benzene rings is 2. The predicted molar refractivity (Wildman–Crippen MR) is 92.3 cm³/mol. The summed E-state index contributed by atoms with van der Waals surface area (Å²) in [7, 11) is 2.18. The minimum absolute atomic E-state index is 0.577. The average Bonchev–Trinajstić information content (AvgIpc) is 2.45. The van der Waals surface area contributed by atoms with Crippen LogP contribution in [0, 0.1) is 0 Å². The van der Waals surface area contributed by atoms with Crippen molar-refractivity contribution >= 4 is 28.2 Å². The summed E-state index contributed by atoms with van der Waals surface area (Å²) in [5.41, 5.74) is 8.32. The zero-order chi connectivity index (χ0) is 14.5. The van der Waals surface area contributed by atoms with E-state index >= 15 is 0 Å². The van der Waals surface area contributed by atoms with E-state index in [4.69, 9.17) is 5.73 Å². The standard InChI is InChI=1S/C17H24N2S/c1-13(8-9-20-3)19(2)12-16-10-14-6-4-5-7-15(14)11-17(16)18/h4-7,10-11,13H,8-9,12,18H2,1-3H3.